The van der Waals surface area contributed by atoms with Crippen LogP contribution >= 0.6 is 15.6 Å². The molecule has 224 valence electrons. The number of rotatable bonds is 12. The molecule has 6 rings (SSSR count). The zero-order valence-corrected chi connectivity index (χ0v) is 25.7. The second-order valence-electron chi connectivity index (χ2n) is 9.69. The monoisotopic (exact) mass is 634 g/mol. The summed E-state index contributed by atoms with van der Waals surface area (Å²) in [6, 6.07) is 49.5. The Kier molecular flexibility index (Phi) is 9.14. The number of phosphoric acid groups is 2. The molecule has 0 aliphatic heterocycles. The molecule has 7 nitrogen and oxygen atoms in total. The summed E-state index contributed by atoms with van der Waals surface area (Å²) < 4.78 is 59.1. The minimum atomic E-state index is -4.87. The lowest BCUT2D eigenvalue weighted by molar-refractivity contribution is 0.243. The van der Waals surface area contributed by atoms with Crippen LogP contribution in [0.1, 0.15) is 0 Å². The van der Waals surface area contributed by atoms with E-state index in [0.717, 1.165) is 11.1 Å². The van der Waals surface area contributed by atoms with Crippen molar-refractivity contribution in [1.82, 2.24) is 0 Å². The molecule has 0 amide bonds. The van der Waals surface area contributed by atoms with Crippen LogP contribution in [-0.4, -0.2) is 0 Å². The third-order valence-electron chi connectivity index (χ3n) is 6.48. The Morgan fingerprint density at radius 3 is 1.04 bits per heavy atom. The lowest BCUT2D eigenvalue weighted by atomic mass is 10.1. The fourth-order valence-corrected chi connectivity index (χ4v) is 7.64. The van der Waals surface area contributed by atoms with Gasteiger partial charge in [0.25, 0.3) is 0 Å². The van der Waals surface area contributed by atoms with Gasteiger partial charge in [-0.2, -0.15) is 0 Å². The topological polar surface area (TPSA) is 80.3 Å². The molecule has 6 aromatic carbocycles. The molecule has 0 heterocycles. The maximum Gasteiger partial charge on any atom is 0.598 e. The molecule has 45 heavy (non-hydrogen) atoms. The van der Waals surface area contributed by atoms with E-state index >= 15 is 0 Å². The lowest BCUT2D eigenvalue weighted by Crippen LogP contribution is -2.10. The highest BCUT2D eigenvalue weighted by Gasteiger charge is 2.47. The molecule has 0 N–H and O–H groups in total. The van der Waals surface area contributed by atoms with Crippen LogP contribution in [0, 0.1) is 0 Å². The van der Waals surface area contributed by atoms with Crippen molar-refractivity contribution in [1.29, 1.82) is 0 Å². The normalized spacial score (nSPS) is 11.4. The molecule has 0 saturated carbocycles. The highest BCUT2D eigenvalue weighted by molar-refractivity contribution is 7.63. The quantitative estimate of drug-likeness (QED) is 0.124. The van der Waals surface area contributed by atoms with E-state index in [-0.39, 0.29) is 23.0 Å². The summed E-state index contributed by atoms with van der Waals surface area (Å²) in [6.45, 7) is 0. The fraction of sp³-hybridized carbons (Fsp3) is 0. The number of hydrogen-bond acceptors (Lipinski definition) is 7. The van der Waals surface area contributed by atoms with Crippen molar-refractivity contribution in [3.63, 3.8) is 0 Å². The van der Waals surface area contributed by atoms with Crippen molar-refractivity contribution in [2.45, 2.75) is 0 Å². The highest BCUT2D eigenvalue weighted by Crippen LogP contribution is 2.65. The number of hydrogen-bond donors (Lipinski definition) is 0. The third kappa shape index (κ3) is 7.72. The summed E-state index contributed by atoms with van der Waals surface area (Å²) in [5, 5.41) is 0. The van der Waals surface area contributed by atoms with Crippen molar-refractivity contribution < 1.29 is 31.5 Å². The predicted octanol–water partition coefficient (Wildman–Crippen LogP) is 10.9. The average molecular weight is 635 g/mol. The zero-order valence-electron chi connectivity index (χ0n) is 23.9. The van der Waals surface area contributed by atoms with E-state index in [0.29, 0.717) is 11.1 Å². The van der Waals surface area contributed by atoms with Gasteiger partial charge in [-0.1, -0.05) is 133 Å². The molecule has 0 radical (unpaired) electrons. The Hall–Kier alpha value is -5.06. The molecule has 0 aliphatic carbocycles. The molecule has 6 aromatic rings. The Bertz CT molecular complexity index is 1800. The van der Waals surface area contributed by atoms with Gasteiger partial charge in [0.1, 0.15) is 23.0 Å². The predicted molar refractivity (Wildman–Crippen MR) is 175 cm³/mol. The fourth-order valence-electron chi connectivity index (χ4n) is 4.49. The molecule has 0 fully saturated rings. The molecule has 0 spiro atoms. The van der Waals surface area contributed by atoms with Gasteiger partial charge in [0.05, 0.1) is 0 Å². The SMILES string of the molecule is O=P(Oc1ccccc1)(Oc1ccccc1)OP(=O)(Oc1ccccc1-c1ccccc1)Oc1ccccc1-c1ccccc1. The van der Waals surface area contributed by atoms with Crippen LogP contribution < -0.4 is 18.1 Å². The first-order chi connectivity index (χ1) is 22.0. The van der Waals surface area contributed by atoms with Gasteiger partial charge in [0, 0.05) is 11.1 Å². The van der Waals surface area contributed by atoms with Crippen LogP contribution in [0.4, 0.5) is 0 Å². The third-order valence-corrected chi connectivity index (χ3v) is 9.79. The maximum absolute atomic E-state index is 14.9. The number of phosphoric ester groups is 2. The zero-order chi connectivity index (χ0) is 31.0. The van der Waals surface area contributed by atoms with Crippen molar-refractivity contribution in [3.8, 4) is 45.3 Å². The minimum absolute atomic E-state index is 0.165. The smallest absolute Gasteiger partial charge is 0.395 e. The lowest BCUT2D eigenvalue weighted by Gasteiger charge is -2.25. The Balaban J connectivity index is 1.45. The van der Waals surface area contributed by atoms with Gasteiger partial charge in [-0.3, -0.25) is 0 Å². The Morgan fingerprint density at radius 1 is 0.333 bits per heavy atom. The molecule has 0 saturated heterocycles. The van der Waals surface area contributed by atoms with E-state index in [9.17, 15) is 9.13 Å². The molecule has 0 aromatic heterocycles. The molecule has 0 aliphatic rings. The first-order valence-electron chi connectivity index (χ1n) is 14.1. The van der Waals surface area contributed by atoms with Crippen LogP contribution in [0.2, 0.25) is 0 Å². The number of benzene rings is 6. The first kappa shape index (κ1) is 30.0. The Labute approximate surface area is 261 Å². The van der Waals surface area contributed by atoms with Gasteiger partial charge in [-0.15, -0.1) is 4.31 Å². The van der Waals surface area contributed by atoms with Crippen molar-refractivity contribution in [2.75, 3.05) is 0 Å². The molecule has 0 atom stereocenters. The van der Waals surface area contributed by atoms with Crippen LogP contribution in [0.5, 0.6) is 23.0 Å². The molecule has 0 unspecified atom stereocenters. The van der Waals surface area contributed by atoms with E-state index in [1.54, 1.807) is 84.9 Å². The summed E-state index contributed by atoms with van der Waals surface area (Å²) in [4.78, 5) is 0. The summed E-state index contributed by atoms with van der Waals surface area (Å²) in [7, 11) is -9.61. The van der Waals surface area contributed by atoms with E-state index in [1.807, 2.05) is 84.9 Å². The van der Waals surface area contributed by atoms with Gasteiger partial charge >= 0.3 is 15.6 Å². The Morgan fingerprint density at radius 2 is 0.644 bits per heavy atom. The summed E-state index contributed by atoms with van der Waals surface area (Å²) >= 11 is 0. The minimum Gasteiger partial charge on any atom is -0.395 e. The van der Waals surface area contributed by atoms with Crippen LogP contribution in [0.15, 0.2) is 170 Å². The second kappa shape index (κ2) is 13.7. The molecule has 0 bridgehead atoms. The van der Waals surface area contributed by atoms with Crippen LogP contribution in [-0.2, 0) is 13.4 Å². The number of para-hydroxylation sites is 4. The summed E-state index contributed by atoms with van der Waals surface area (Å²) in [6.07, 6.45) is 0. The van der Waals surface area contributed by atoms with Crippen molar-refractivity contribution in [3.05, 3.63) is 170 Å². The van der Waals surface area contributed by atoms with E-state index in [2.05, 4.69) is 0 Å². The highest BCUT2D eigenvalue weighted by atomic mass is 31.3. The van der Waals surface area contributed by atoms with E-state index < -0.39 is 15.6 Å². The maximum atomic E-state index is 14.9. The van der Waals surface area contributed by atoms with E-state index in [1.165, 1.54) is 0 Å². The van der Waals surface area contributed by atoms with Crippen LogP contribution in [0.25, 0.3) is 22.3 Å². The molecular weight excluding hydrogens is 606 g/mol. The van der Waals surface area contributed by atoms with Gasteiger partial charge in [-0.25, -0.2) is 9.13 Å². The van der Waals surface area contributed by atoms with E-state index in [4.69, 9.17) is 22.4 Å². The second-order valence-corrected chi connectivity index (χ2v) is 12.9. The van der Waals surface area contributed by atoms with Gasteiger partial charge in [0.2, 0.25) is 0 Å². The largest absolute Gasteiger partial charge is 0.598 e. The summed E-state index contributed by atoms with van der Waals surface area (Å²) in [5.41, 5.74) is 2.83. The van der Waals surface area contributed by atoms with Crippen molar-refractivity contribution in [2.24, 2.45) is 0 Å². The van der Waals surface area contributed by atoms with Crippen molar-refractivity contribution >= 4 is 15.6 Å². The van der Waals surface area contributed by atoms with Gasteiger partial charge < -0.3 is 18.1 Å². The summed E-state index contributed by atoms with van der Waals surface area (Å²) in [5.74, 6) is 0.681. The van der Waals surface area contributed by atoms with Gasteiger partial charge in [-0.05, 0) is 47.5 Å². The average Bonchev–Trinajstić information content (AvgIpc) is 3.06. The van der Waals surface area contributed by atoms with Gasteiger partial charge in [0.15, 0.2) is 0 Å². The standard InChI is InChI=1S/C36H28O7P2/c37-44(39-31-21-9-3-10-22-31,40-32-23-11-4-12-24-32)43-45(38,41-35-27-15-13-25-33(35)29-17-5-1-6-18-29)42-36-28-16-14-26-34(36)30-19-7-2-8-20-30/h1-28H. The molecule has 9 heteroatoms. The first-order valence-corrected chi connectivity index (χ1v) is 17.0. The molecular formula is C36H28O7P2. The van der Waals surface area contributed by atoms with Crippen LogP contribution in [0.3, 0.4) is 0 Å².